The Kier molecular flexibility index (Phi) is 7.41. The minimum Gasteiger partial charge on any atom is -0.460 e. The molecule has 5 nitrogen and oxygen atoms in total. The summed E-state index contributed by atoms with van der Waals surface area (Å²) in [4.78, 5) is 11.1. The second-order valence-corrected chi connectivity index (χ2v) is 7.48. The second kappa shape index (κ2) is 9.32. The number of ether oxygens (including phenoxy) is 2. The van der Waals surface area contributed by atoms with E-state index >= 15 is 0 Å². The van der Waals surface area contributed by atoms with Crippen LogP contribution >= 0.6 is 0 Å². The number of cyclic esters (lactones) is 1. The van der Waals surface area contributed by atoms with Crippen LogP contribution in [-0.4, -0.2) is 40.6 Å². The molecule has 1 aliphatic rings. The van der Waals surface area contributed by atoms with Crippen molar-refractivity contribution in [1.29, 1.82) is 0 Å². The molecular weight excluding hydrogens is 320 g/mol. The maximum absolute atomic E-state index is 11.1. The van der Waals surface area contributed by atoms with Crippen LogP contribution in [0.4, 0.5) is 0 Å². The van der Waals surface area contributed by atoms with Gasteiger partial charge in [-0.15, -0.1) is 0 Å². The number of benzene rings is 1. The highest BCUT2D eigenvalue weighted by molar-refractivity contribution is 5.71. The molecule has 1 fully saturated rings. The van der Waals surface area contributed by atoms with E-state index < -0.39 is 17.8 Å². The van der Waals surface area contributed by atoms with Crippen molar-refractivity contribution in [2.24, 2.45) is 5.92 Å². The lowest BCUT2D eigenvalue weighted by Crippen LogP contribution is -2.33. The Morgan fingerprint density at radius 1 is 1.36 bits per heavy atom. The van der Waals surface area contributed by atoms with Crippen LogP contribution in [0.25, 0.3) is 0 Å². The average Bonchev–Trinajstić information content (AvgIpc) is 3.00. The lowest BCUT2D eigenvalue weighted by atomic mass is 9.87. The van der Waals surface area contributed by atoms with Gasteiger partial charge >= 0.3 is 5.97 Å². The van der Waals surface area contributed by atoms with Crippen LogP contribution < -0.4 is 0 Å². The molecule has 0 unspecified atom stereocenters. The van der Waals surface area contributed by atoms with E-state index in [0.717, 1.165) is 5.56 Å². The van der Waals surface area contributed by atoms with Gasteiger partial charge in [0.2, 0.25) is 0 Å². The van der Waals surface area contributed by atoms with Crippen molar-refractivity contribution in [3.8, 4) is 0 Å². The fourth-order valence-electron chi connectivity index (χ4n) is 3.33. The van der Waals surface area contributed by atoms with E-state index in [9.17, 15) is 15.0 Å². The molecule has 0 aliphatic carbocycles. The molecule has 0 bridgehead atoms. The molecule has 0 aromatic heterocycles. The SMILES string of the molecule is C[C@@H](COCc1ccccc1)C[C@](C)(O)CC[C@H](O)[C@@H]1CCC(=O)O1. The van der Waals surface area contributed by atoms with E-state index in [1.807, 2.05) is 30.3 Å². The Labute approximate surface area is 150 Å². The number of hydrogen-bond acceptors (Lipinski definition) is 5. The lowest BCUT2D eigenvalue weighted by Gasteiger charge is -2.28. The Bertz CT molecular complexity index is 528. The fourth-order valence-corrected chi connectivity index (χ4v) is 3.33. The molecule has 1 saturated heterocycles. The molecule has 2 rings (SSSR count). The largest absolute Gasteiger partial charge is 0.460 e. The molecule has 1 heterocycles. The monoisotopic (exact) mass is 350 g/mol. The fraction of sp³-hybridized carbons (Fsp3) is 0.650. The molecule has 4 atom stereocenters. The van der Waals surface area contributed by atoms with Gasteiger partial charge in [-0.2, -0.15) is 0 Å². The highest BCUT2D eigenvalue weighted by Crippen LogP contribution is 2.26. The quantitative estimate of drug-likeness (QED) is 0.635. The normalized spacial score (nSPS) is 22.2. The van der Waals surface area contributed by atoms with Crippen LogP contribution in [0.3, 0.4) is 0 Å². The van der Waals surface area contributed by atoms with E-state index in [1.54, 1.807) is 6.92 Å². The first kappa shape index (κ1) is 19.9. The van der Waals surface area contributed by atoms with Crippen molar-refractivity contribution < 1.29 is 24.5 Å². The number of hydrogen-bond donors (Lipinski definition) is 2. The Morgan fingerprint density at radius 2 is 2.08 bits per heavy atom. The third-order valence-corrected chi connectivity index (χ3v) is 4.63. The first-order valence-corrected chi connectivity index (χ1v) is 9.07. The molecule has 5 heteroatoms. The molecule has 0 saturated carbocycles. The minimum absolute atomic E-state index is 0.208. The topological polar surface area (TPSA) is 76.0 Å². The number of aliphatic hydroxyl groups is 2. The molecular formula is C20H30O5. The van der Waals surface area contributed by atoms with Crippen molar-refractivity contribution in [2.75, 3.05) is 6.61 Å². The molecule has 25 heavy (non-hydrogen) atoms. The standard InChI is InChI=1S/C20H30O5/c1-15(13-24-14-16-6-4-3-5-7-16)12-20(2,23)11-10-17(21)18-8-9-19(22)25-18/h3-7,15,17-18,21,23H,8-14H2,1-2H3/t15-,17+,18+,20-/m1/s1. The summed E-state index contributed by atoms with van der Waals surface area (Å²) >= 11 is 0. The predicted molar refractivity (Wildman–Crippen MR) is 94.9 cm³/mol. The summed E-state index contributed by atoms with van der Waals surface area (Å²) in [5.74, 6) is -0.0415. The summed E-state index contributed by atoms with van der Waals surface area (Å²) in [7, 11) is 0. The zero-order valence-corrected chi connectivity index (χ0v) is 15.2. The highest BCUT2D eigenvalue weighted by atomic mass is 16.6. The van der Waals surface area contributed by atoms with Crippen molar-refractivity contribution in [3.63, 3.8) is 0 Å². The number of carbonyl (C=O) groups excluding carboxylic acids is 1. The third kappa shape index (κ3) is 7.14. The van der Waals surface area contributed by atoms with Crippen LogP contribution in [0.15, 0.2) is 30.3 Å². The van der Waals surface area contributed by atoms with Crippen LogP contribution in [0.5, 0.6) is 0 Å². The lowest BCUT2D eigenvalue weighted by molar-refractivity contribution is -0.145. The van der Waals surface area contributed by atoms with E-state index in [2.05, 4.69) is 6.92 Å². The number of rotatable bonds is 10. The molecule has 1 aromatic rings. The maximum atomic E-state index is 11.1. The van der Waals surface area contributed by atoms with Gasteiger partial charge in [0.25, 0.3) is 0 Å². The van der Waals surface area contributed by atoms with Gasteiger partial charge in [-0.25, -0.2) is 0 Å². The second-order valence-electron chi connectivity index (χ2n) is 7.48. The molecule has 0 radical (unpaired) electrons. The van der Waals surface area contributed by atoms with E-state index in [4.69, 9.17) is 9.47 Å². The van der Waals surface area contributed by atoms with Crippen molar-refractivity contribution >= 4 is 5.97 Å². The Morgan fingerprint density at radius 3 is 2.72 bits per heavy atom. The zero-order chi connectivity index (χ0) is 18.3. The van der Waals surface area contributed by atoms with E-state index in [-0.39, 0.29) is 11.9 Å². The van der Waals surface area contributed by atoms with Gasteiger partial charge in [-0.05, 0) is 44.1 Å². The van der Waals surface area contributed by atoms with Crippen LogP contribution in [0.1, 0.15) is 51.5 Å². The van der Waals surface area contributed by atoms with Gasteiger partial charge in [-0.1, -0.05) is 37.3 Å². The summed E-state index contributed by atoms with van der Waals surface area (Å²) in [6, 6.07) is 10.0. The van der Waals surface area contributed by atoms with Crippen molar-refractivity contribution in [2.45, 2.75) is 70.4 Å². The zero-order valence-electron chi connectivity index (χ0n) is 15.2. The summed E-state index contributed by atoms with van der Waals surface area (Å²) in [6.45, 7) is 4.98. The summed E-state index contributed by atoms with van der Waals surface area (Å²) in [5, 5.41) is 20.7. The average molecular weight is 350 g/mol. The Balaban J connectivity index is 1.65. The van der Waals surface area contributed by atoms with Crippen molar-refractivity contribution in [3.05, 3.63) is 35.9 Å². The molecule has 0 amide bonds. The molecule has 0 spiro atoms. The summed E-state index contributed by atoms with van der Waals surface area (Å²) in [6.07, 6.45) is 1.28. The predicted octanol–water partition coefficient (Wildman–Crippen LogP) is 2.83. The molecule has 140 valence electrons. The van der Waals surface area contributed by atoms with Gasteiger partial charge in [-0.3, -0.25) is 4.79 Å². The highest BCUT2D eigenvalue weighted by Gasteiger charge is 2.32. The van der Waals surface area contributed by atoms with Crippen LogP contribution in [0.2, 0.25) is 0 Å². The number of aliphatic hydroxyl groups excluding tert-OH is 1. The first-order chi connectivity index (χ1) is 11.9. The van der Waals surface area contributed by atoms with E-state index in [1.165, 1.54) is 0 Å². The van der Waals surface area contributed by atoms with Crippen LogP contribution in [-0.2, 0) is 20.9 Å². The van der Waals surface area contributed by atoms with Gasteiger partial charge in [0.15, 0.2) is 0 Å². The van der Waals surface area contributed by atoms with Gasteiger partial charge < -0.3 is 19.7 Å². The third-order valence-electron chi connectivity index (χ3n) is 4.63. The first-order valence-electron chi connectivity index (χ1n) is 9.07. The van der Waals surface area contributed by atoms with Crippen LogP contribution in [0, 0.1) is 5.92 Å². The number of carbonyl (C=O) groups is 1. The Hall–Kier alpha value is -1.43. The maximum Gasteiger partial charge on any atom is 0.306 e. The summed E-state index contributed by atoms with van der Waals surface area (Å²) in [5.41, 5.74) is 0.259. The van der Waals surface area contributed by atoms with Gasteiger partial charge in [0.1, 0.15) is 6.10 Å². The number of esters is 1. The smallest absolute Gasteiger partial charge is 0.306 e. The van der Waals surface area contributed by atoms with Gasteiger partial charge in [0, 0.05) is 13.0 Å². The minimum atomic E-state index is -0.876. The molecule has 1 aliphatic heterocycles. The van der Waals surface area contributed by atoms with E-state index in [0.29, 0.717) is 45.3 Å². The molecule has 1 aromatic carbocycles. The van der Waals surface area contributed by atoms with Gasteiger partial charge in [0.05, 0.1) is 18.3 Å². The van der Waals surface area contributed by atoms with Crippen molar-refractivity contribution in [1.82, 2.24) is 0 Å². The summed E-state index contributed by atoms with van der Waals surface area (Å²) < 4.78 is 10.8. The molecule has 2 N–H and O–H groups in total.